The maximum atomic E-state index is 12.1. The number of nitrogens with zero attached hydrogens (tertiary/aromatic N) is 5. The summed E-state index contributed by atoms with van der Waals surface area (Å²) < 4.78 is 2.07. The van der Waals surface area contributed by atoms with Crippen LogP contribution < -0.4 is 0 Å². The number of aryl methyl sites for hydroxylation is 1. The molecule has 0 spiro atoms. The molecule has 0 N–H and O–H groups in total. The third-order valence-corrected chi connectivity index (χ3v) is 5.84. The first-order chi connectivity index (χ1) is 15.0. The highest BCUT2D eigenvalue weighted by Crippen LogP contribution is 2.29. The number of thioether (sulfide) groups is 1. The normalized spacial score (nSPS) is 10.8. The fourth-order valence-corrected chi connectivity index (χ4v) is 4.04. The van der Waals surface area contributed by atoms with Crippen LogP contribution in [0.5, 0.6) is 0 Å². The van der Waals surface area contributed by atoms with E-state index in [1.807, 2.05) is 36.4 Å². The van der Waals surface area contributed by atoms with E-state index in [9.17, 15) is 4.79 Å². The van der Waals surface area contributed by atoms with Gasteiger partial charge < -0.3 is 4.90 Å². The number of hydrogen-bond acceptors (Lipinski definition) is 5. The first-order valence-electron chi connectivity index (χ1n) is 9.89. The molecule has 0 saturated heterocycles. The zero-order chi connectivity index (χ0) is 21.8. The van der Waals surface area contributed by atoms with Crippen LogP contribution in [-0.4, -0.2) is 44.7 Å². The maximum absolute atomic E-state index is 12.1. The number of carbonyl (C=O) groups is 1. The van der Waals surface area contributed by atoms with Crippen LogP contribution in [0.1, 0.15) is 21.5 Å². The van der Waals surface area contributed by atoms with Crippen molar-refractivity contribution in [2.75, 3.05) is 14.1 Å². The van der Waals surface area contributed by atoms with Gasteiger partial charge in [-0.2, -0.15) is 0 Å². The second-order valence-electron chi connectivity index (χ2n) is 7.40. The summed E-state index contributed by atoms with van der Waals surface area (Å²) in [5.41, 5.74) is 4.97. The van der Waals surface area contributed by atoms with Crippen LogP contribution in [0.25, 0.3) is 17.1 Å². The molecular weight excluding hydrogens is 406 g/mol. The fraction of sp³-hybridized carbons (Fsp3) is 0.167. The van der Waals surface area contributed by atoms with E-state index in [1.54, 1.807) is 43.2 Å². The number of carbonyl (C=O) groups excluding carboxylic acids is 1. The Bertz CT molecular complexity index is 1170. The average Bonchev–Trinajstić information content (AvgIpc) is 3.22. The van der Waals surface area contributed by atoms with Gasteiger partial charge in [0.2, 0.25) is 0 Å². The Kier molecular flexibility index (Phi) is 6.13. The molecule has 0 saturated carbocycles. The predicted octanol–water partition coefficient (Wildman–Crippen LogP) is 4.63. The van der Waals surface area contributed by atoms with E-state index in [4.69, 9.17) is 0 Å². The standard InChI is InChI=1S/C24H23N5OS/c1-17-4-10-21(11-5-17)29-22(19-12-14-25-15-13-19)26-27-24(29)31-16-18-6-8-20(9-7-18)23(30)28(2)3/h4-15H,16H2,1-3H3. The summed E-state index contributed by atoms with van der Waals surface area (Å²) in [7, 11) is 3.51. The molecule has 2 aromatic heterocycles. The largest absolute Gasteiger partial charge is 0.345 e. The molecule has 0 aliphatic rings. The summed E-state index contributed by atoms with van der Waals surface area (Å²) in [5, 5.41) is 9.75. The van der Waals surface area contributed by atoms with E-state index >= 15 is 0 Å². The number of benzene rings is 2. The van der Waals surface area contributed by atoms with Gasteiger partial charge in [-0.3, -0.25) is 14.3 Å². The number of pyridine rings is 1. The molecule has 0 fully saturated rings. The molecule has 0 atom stereocenters. The highest BCUT2D eigenvalue weighted by Gasteiger charge is 2.16. The molecule has 0 radical (unpaired) electrons. The molecule has 6 nitrogen and oxygen atoms in total. The van der Waals surface area contributed by atoms with Crippen LogP contribution in [0, 0.1) is 6.92 Å². The summed E-state index contributed by atoms with van der Waals surface area (Å²) in [6, 6.07) is 19.9. The summed E-state index contributed by atoms with van der Waals surface area (Å²) in [4.78, 5) is 17.8. The highest BCUT2D eigenvalue weighted by atomic mass is 32.2. The van der Waals surface area contributed by atoms with Crippen LogP contribution in [0.15, 0.2) is 78.2 Å². The van der Waals surface area contributed by atoms with Crippen LogP contribution in [-0.2, 0) is 5.75 Å². The quantitative estimate of drug-likeness (QED) is 0.418. The van der Waals surface area contributed by atoms with E-state index in [0.717, 1.165) is 33.5 Å². The lowest BCUT2D eigenvalue weighted by molar-refractivity contribution is 0.0827. The van der Waals surface area contributed by atoms with Crippen molar-refractivity contribution in [2.45, 2.75) is 17.8 Å². The van der Waals surface area contributed by atoms with Crippen molar-refractivity contribution in [1.29, 1.82) is 0 Å². The lowest BCUT2D eigenvalue weighted by Crippen LogP contribution is -2.21. The molecule has 1 amide bonds. The predicted molar refractivity (Wildman–Crippen MR) is 123 cm³/mol. The van der Waals surface area contributed by atoms with Gasteiger partial charge in [-0.1, -0.05) is 41.6 Å². The number of hydrogen-bond donors (Lipinski definition) is 0. The van der Waals surface area contributed by atoms with E-state index in [1.165, 1.54) is 5.56 Å². The Morgan fingerprint density at radius 1 is 0.935 bits per heavy atom. The van der Waals surface area contributed by atoms with E-state index in [-0.39, 0.29) is 5.91 Å². The molecule has 156 valence electrons. The van der Waals surface area contributed by atoms with Gasteiger partial charge in [0.15, 0.2) is 11.0 Å². The molecule has 2 heterocycles. The minimum Gasteiger partial charge on any atom is -0.345 e. The highest BCUT2D eigenvalue weighted by molar-refractivity contribution is 7.98. The molecule has 31 heavy (non-hydrogen) atoms. The average molecular weight is 430 g/mol. The topological polar surface area (TPSA) is 63.9 Å². The molecule has 0 aliphatic carbocycles. The Morgan fingerprint density at radius 2 is 1.61 bits per heavy atom. The molecule has 4 aromatic rings. The van der Waals surface area contributed by atoms with Crippen molar-refractivity contribution < 1.29 is 4.79 Å². The van der Waals surface area contributed by atoms with Gasteiger partial charge in [0.25, 0.3) is 5.91 Å². The number of rotatable bonds is 6. The monoisotopic (exact) mass is 429 g/mol. The Morgan fingerprint density at radius 3 is 2.26 bits per heavy atom. The van der Waals surface area contributed by atoms with Crippen LogP contribution in [0.4, 0.5) is 0 Å². The van der Waals surface area contributed by atoms with Crippen molar-refractivity contribution in [1.82, 2.24) is 24.6 Å². The third kappa shape index (κ3) is 4.67. The summed E-state index contributed by atoms with van der Waals surface area (Å²) in [6.07, 6.45) is 3.51. The minimum atomic E-state index is 0.000287. The smallest absolute Gasteiger partial charge is 0.253 e. The second kappa shape index (κ2) is 9.14. The van der Waals surface area contributed by atoms with Crippen molar-refractivity contribution >= 4 is 17.7 Å². The first kappa shape index (κ1) is 20.8. The van der Waals surface area contributed by atoms with Gasteiger partial charge in [-0.25, -0.2) is 0 Å². The van der Waals surface area contributed by atoms with E-state index < -0.39 is 0 Å². The third-order valence-electron chi connectivity index (χ3n) is 4.84. The molecule has 0 bridgehead atoms. The first-order valence-corrected chi connectivity index (χ1v) is 10.9. The van der Waals surface area contributed by atoms with Crippen LogP contribution in [0.3, 0.4) is 0 Å². The zero-order valence-corrected chi connectivity index (χ0v) is 18.5. The van der Waals surface area contributed by atoms with Gasteiger partial charge in [-0.05, 0) is 48.9 Å². The SMILES string of the molecule is Cc1ccc(-n2c(SCc3ccc(C(=O)N(C)C)cc3)nnc2-c2ccncc2)cc1. The number of aromatic nitrogens is 4. The summed E-state index contributed by atoms with van der Waals surface area (Å²) in [6.45, 7) is 2.07. The summed E-state index contributed by atoms with van der Waals surface area (Å²) >= 11 is 1.61. The molecule has 2 aromatic carbocycles. The Hall–Kier alpha value is -3.45. The number of amides is 1. The second-order valence-corrected chi connectivity index (χ2v) is 8.34. The van der Waals surface area contributed by atoms with Crippen molar-refractivity contribution in [3.63, 3.8) is 0 Å². The van der Waals surface area contributed by atoms with Crippen LogP contribution in [0.2, 0.25) is 0 Å². The van der Waals surface area contributed by atoms with E-state index in [2.05, 4.69) is 50.9 Å². The summed E-state index contributed by atoms with van der Waals surface area (Å²) in [5.74, 6) is 1.50. The molecule has 0 unspecified atom stereocenters. The zero-order valence-electron chi connectivity index (χ0n) is 17.7. The van der Waals surface area contributed by atoms with Crippen molar-refractivity contribution in [3.05, 3.63) is 89.7 Å². The van der Waals surface area contributed by atoms with E-state index in [0.29, 0.717) is 5.56 Å². The van der Waals surface area contributed by atoms with Gasteiger partial charge in [0.05, 0.1) is 0 Å². The molecule has 4 rings (SSSR count). The van der Waals surface area contributed by atoms with Gasteiger partial charge >= 0.3 is 0 Å². The van der Waals surface area contributed by atoms with Gasteiger partial charge in [-0.15, -0.1) is 10.2 Å². The van der Waals surface area contributed by atoms with Gasteiger partial charge in [0, 0.05) is 49.1 Å². The maximum Gasteiger partial charge on any atom is 0.253 e. The van der Waals surface area contributed by atoms with Crippen molar-refractivity contribution in [2.24, 2.45) is 0 Å². The minimum absolute atomic E-state index is 0.000287. The lowest BCUT2D eigenvalue weighted by Gasteiger charge is -2.12. The Labute approximate surface area is 186 Å². The lowest BCUT2D eigenvalue weighted by atomic mass is 10.1. The molecular formula is C24H23N5OS. The van der Waals surface area contributed by atoms with Gasteiger partial charge in [0.1, 0.15) is 0 Å². The molecule has 7 heteroatoms. The van der Waals surface area contributed by atoms with Crippen molar-refractivity contribution in [3.8, 4) is 17.1 Å². The van der Waals surface area contributed by atoms with Crippen LogP contribution >= 0.6 is 11.8 Å². The Balaban J connectivity index is 1.62. The fourth-order valence-electron chi connectivity index (χ4n) is 3.13. The molecule has 0 aliphatic heterocycles.